The zero-order chi connectivity index (χ0) is 20.3. The number of hydrogen-bond donors (Lipinski definition) is 3. The number of nitrogens with one attached hydrogen (secondary N) is 1. The second-order valence-electron chi connectivity index (χ2n) is 8.25. The van der Waals surface area contributed by atoms with Crippen LogP contribution in [0.1, 0.15) is 102 Å². The molecule has 0 fully saturated rings. The molecule has 1 aromatic rings. The van der Waals surface area contributed by atoms with Gasteiger partial charge in [-0.25, -0.2) is 0 Å². The fraction of sp³-hybridized carbons (Fsp3) is 0.760. The minimum absolute atomic E-state index is 0.0214. The smallest absolute Gasteiger partial charge is 0.0715 e. The van der Waals surface area contributed by atoms with E-state index in [1.165, 1.54) is 82.6 Å². The van der Waals surface area contributed by atoms with Gasteiger partial charge < -0.3 is 15.5 Å². The molecule has 0 aliphatic rings. The Morgan fingerprint density at radius 1 is 0.750 bits per heavy atom. The van der Waals surface area contributed by atoms with Gasteiger partial charge in [-0.3, -0.25) is 0 Å². The van der Waals surface area contributed by atoms with E-state index >= 15 is 0 Å². The number of hydrogen-bond acceptors (Lipinski definition) is 3. The molecular weight excluding hydrogens is 346 g/mol. The number of unbranched alkanes of at least 4 members (excludes halogenated alkanes) is 12. The lowest BCUT2D eigenvalue weighted by molar-refractivity contribution is 0.0803. The molecule has 2 atom stereocenters. The van der Waals surface area contributed by atoms with E-state index in [0.29, 0.717) is 6.54 Å². The molecule has 0 heterocycles. The summed E-state index contributed by atoms with van der Waals surface area (Å²) in [6.45, 7) is 2.93. The van der Waals surface area contributed by atoms with Crippen LogP contribution < -0.4 is 5.32 Å². The van der Waals surface area contributed by atoms with E-state index < -0.39 is 6.10 Å². The molecule has 0 aliphatic carbocycles. The van der Waals surface area contributed by atoms with Crippen molar-refractivity contribution in [1.82, 2.24) is 5.32 Å². The monoisotopic (exact) mass is 391 g/mol. The molecule has 0 radical (unpaired) electrons. The van der Waals surface area contributed by atoms with Crippen molar-refractivity contribution in [2.75, 3.05) is 6.61 Å². The molecule has 0 spiro atoms. The van der Waals surface area contributed by atoms with Crippen LogP contribution in [-0.4, -0.2) is 29.0 Å². The third kappa shape index (κ3) is 13.3. The van der Waals surface area contributed by atoms with Crippen molar-refractivity contribution >= 4 is 0 Å². The van der Waals surface area contributed by atoms with Crippen LogP contribution in [0.4, 0.5) is 0 Å². The van der Waals surface area contributed by atoms with Gasteiger partial charge in [0.2, 0.25) is 0 Å². The summed E-state index contributed by atoms with van der Waals surface area (Å²) >= 11 is 0. The zero-order valence-corrected chi connectivity index (χ0v) is 18.2. The van der Waals surface area contributed by atoms with Crippen molar-refractivity contribution < 1.29 is 10.2 Å². The topological polar surface area (TPSA) is 52.5 Å². The summed E-state index contributed by atoms with van der Waals surface area (Å²) < 4.78 is 0. The fourth-order valence-electron chi connectivity index (χ4n) is 3.74. The Kier molecular flexibility index (Phi) is 16.3. The summed E-state index contributed by atoms with van der Waals surface area (Å²) in [6, 6.07) is 9.89. The first-order chi connectivity index (χ1) is 13.8. The predicted octanol–water partition coefficient (Wildman–Crippen LogP) is 5.98. The zero-order valence-electron chi connectivity index (χ0n) is 18.2. The van der Waals surface area contributed by atoms with Gasteiger partial charge in [0, 0.05) is 6.54 Å². The Balaban J connectivity index is 1.94. The molecule has 0 aromatic heterocycles. The van der Waals surface area contributed by atoms with Crippen LogP contribution in [-0.2, 0) is 6.54 Å². The molecule has 0 saturated heterocycles. The molecule has 0 aliphatic heterocycles. The molecule has 162 valence electrons. The van der Waals surface area contributed by atoms with E-state index in [1.54, 1.807) is 0 Å². The predicted molar refractivity (Wildman–Crippen MR) is 120 cm³/mol. The highest BCUT2D eigenvalue weighted by Crippen LogP contribution is 2.14. The first kappa shape index (κ1) is 25.1. The minimum Gasteiger partial charge on any atom is -0.395 e. The van der Waals surface area contributed by atoms with E-state index in [2.05, 4.69) is 24.4 Å². The number of rotatable bonds is 19. The van der Waals surface area contributed by atoms with Crippen molar-refractivity contribution in [2.24, 2.45) is 0 Å². The van der Waals surface area contributed by atoms with Crippen molar-refractivity contribution in [3.05, 3.63) is 35.9 Å². The first-order valence-electron chi connectivity index (χ1n) is 11.8. The SMILES string of the molecule is CCCCCCCCCCCCCCC[C@@H](O)[C@H](CO)NCc1ccccc1. The van der Waals surface area contributed by atoms with Gasteiger partial charge in [-0.1, -0.05) is 121 Å². The minimum atomic E-state index is -0.471. The van der Waals surface area contributed by atoms with Crippen LogP contribution in [0.15, 0.2) is 30.3 Å². The van der Waals surface area contributed by atoms with E-state index in [4.69, 9.17) is 0 Å². The summed E-state index contributed by atoms with van der Waals surface area (Å²) in [4.78, 5) is 0. The molecule has 0 unspecified atom stereocenters. The van der Waals surface area contributed by atoms with Crippen LogP contribution in [0.25, 0.3) is 0 Å². The molecular formula is C25H45NO2. The van der Waals surface area contributed by atoms with Gasteiger partial charge in [-0.15, -0.1) is 0 Å². The molecule has 1 rings (SSSR count). The highest BCUT2D eigenvalue weighted by molar-refractivity contribution is 5.14. The quantitative estimate of drug-likeness (QED) is 0.254. The lowest BCUT2D eigenvalue weighted by Gasteiger charge is -2.22. The van der Waals surface area contributed by atoms with Gasteiger partial charge in [-0.2, -0.15) is 0 Å². The molecule has 0 amide bonds. The Labute approximate surface area is 174 Å². The van der Waals surface area contributed by atoms with Crippen LogP contribution in [0.5, 0.6) is 0 Å². The average Bonchev–Trinajstić information content (AvgIpc) is 2.72. The molecule has 1 aromatic carbocycles. The number of aliphatic hydroxyl groups is 2. The lowest BCUT2D eigenvalue weighted by atomic mass is 10.0. The summed E-state index contributed by atoms with van der Waals surface area (Å²) in [6.07, 6.45) is 17.7. The molecule has 28 heavy (non-hydrogen) atoms. The van der Waals surface area contributed by atoms with Crippen LogP contribution in [0.3, 0.4) is 0 Å². The van der Waals surface area contributed by atoms with Crippen molar-refractivity contribution in [1.29, 1.82) is 0 Å². The normalized spacial score (nSPS) is 13.5. The number of benzene rings is 1. The van der Waals surface area contributed by atoms with Gasteiger partial charge >= 0.3 is 0 Å². The molecule has 0 bridgehead atoms. The fourth-order valence-corrected chi connectivity index (χ4v) is 3.74. The van der Waals surface area contributed by atoms with Crippen molar-refractivity contribution in [3.63, 3.8) is 0 Å². The molecule has 3 nitrogen and oxygen atoms in total. The van der Waals surface area contributed by atoms with Crippen molar-refractivity contribution in [3.8, 4) is 0 Å². The van der Waals surface area contributed by atoms with Crippen molar-refractivity contribution in [2.45, 2.75) is 116 Å². The van der Waals surface area contributed by atoms with E-state index in [-0.39, 0.29) is 12.6 Å². The molecule has 3 N–H and O–H groups in total. The van der Waals surface area contributed by atoms with Gasteiger partial charge in [0.15, 0.2) is 0 Å². The molecule has 3 heteroatoms. The summed E-state index contributed by atoms with van der Waals surface area (Å²) in [5.74, 6) is 0. The van der Waals surface area contributed by atoms with E-state index in [0.717, 1.165) is 12.8 Å². The largest absolute Gasteiger partial charge is 0.395 e. The maximum atomic E-state index is 10.3. The standard InChI is InChI=1S/C25H45NO2/c1-2-3-4-5-6-7-8-9-10-11-12-13-17-20-25(28)24(22-27)26-21-23-18-15-14-16-19-23/h14-16,18-19,24-28H,2-13,17,20-22H2,1H3/t24-,25+/m0/s1. The average molecular weight is 392 g/mol. The first-order valence-corrected chi connectivity index (χ1v) is 11.8. The lowest BCUT2D eigenvalue weighted by Crippen LogP contribution is -2.42. The Hall–Kier alpha value is -0.900. The maximum Gasteiger partial charge on any atom is 0.0715 e. The van der Waals surface area contributed by atoms with E-state index in [1.807, 2.05) is 18.2 Å². The Morgan fingerprint density at radius 3 is 1.75 bits per heavy atom. The van der Waals surface area contributed by atoms with Crippen LogP contribution in [0.2, 0.25) is 0 Å². The van der Waals surface area contributed by atoms with Crippen LogP contribution >= 0.6 is 0 Å². The maximum absolute atomic E-state index is 10.3. The van der Waals surface area contributed by atoms with Crippen LogP contribution in [0, 0.1) is 0 Å². The summed E-state index contributed by atoms with van der Waals surface area (Å²) in [5, 5.41) is 23.2. The van der Waals surface area contributed by atoms with Gasteiger partial charge in [-0.05, 0) is 12.0 Å². The summed E-state index contributed by atoms with van der Waals surface area (Å²) in [5.41, 5.74) is 1.18. The highest BCUT2D eigenvalue weighted by Gasteiger charge is 2.17. The van der Waals surface area contributed by atoms with E-state index in [9.17, 15) is 10.2 Å². The molecule has 0 saturated carbocycles. The second kappa shape index (κ2) is 18.1. The second-order valence-corrected chi connectivity index (χ2v) is 8.25. The Bertz CT molecular complexity index is 437. The summed E-state index contributed by atoms with van der Waals surface area (Å²) in [7, 11) is 0. The van der Waals surface area contributed by atoms with Gasteiger partial charge in [0.05, 0.1) is 18.8 Å². The third-order valence-corrected chi connectivity index (χ3v) is 5.68. The van der Waals surface area contributed by atoms with Gasteiger partial charge in [0.1, 0.15) is 0 Å². The highest BCUT2D eigenvalue weighted by atomic mass is 16.3. The number of aliphatic hydroxyl groups excluding tert-OH is 2. The third-order valence-electron chi connectivity index (χ3n) is 5.68. The Morgan fingerprint density at radius 2 is 1.25 bits per heavy atom. The van der Waals surface area contributed by atoms with Gasteiger partial charge in [0.25, 0.3) is 0 Å².